The average Bonchev–Trinajstić information content (AvgIpc) is 3.16. The molecule has 3 heterocycles. The van der Waals surface area contributed by atoms with Crippen molar-refractivity contribution >= 4 is 38.4 Å². The Morgan fingerprint density at radius 1 is 1.12 bits per heavy atom. The molecule has 0 saturated heterocycles. The largest absolute Gasteiger partial charge is 0.484 e. The van der Waals surface area contributed by atoms with E-state index in [1.54, 1.807) is 18.2 Å². The molecule has 0 aliphatic rings. The van der Waals surface area contributed by atoms with Crippen molar-refractivity contribution < 1.29 is 13.9 Å². The predicted octanol–water partition coefficient (Wildman–Crippen LogP) is 3.69. The third-order valence-corrected chi connectivity index (χ3v) is 6.07. The van der Waals surface area contributed by atoms with Crippen molar-refractivity contribution in [2.24, 2.45) is 0 Å². The first kappa shape index (κ1) is 20.7. The number of benzene rings is 2. The van der Waals surface area contributed by atoms with Crippen LogP contribution < -0.4 is 21.3 Å². The molecule has 164 valence electrons. The Bertz CT molecular complexity index is 1620. The number of aromatic nitrogens is 2. The summed E-state index contributed by atoms with van der Waals surface area (Å²) in [5.74, 6) is -0.186. The zero-order chi connectivity index (χ0) is 22.9. The van der Waals surface area contributed by atoms with Crippen LogP contribution in [0.2, 0.25) is 0 Å². The molecule has 0 spiro atoms. The predicted molar refractivity (Wildman–Crippen MR) is 126 cm³/mol. The van der Waals surface area contributed by atoms with Gasteiger partial charge >= 0.3 is 5.63 Å². The van der Waals surface area contributed by atoms with E-state index < -0.39 is 11.5 Å². The van der Waals surface area contributed by atoms with Crippen molar-refractivity contribution in [2.75, 3.05) is 12.0 Å². The van der Waals surface area contributed by atoms with Crippen molar-refractivity contribution in [1.82, 2.24) is 9.66 Å². The molecule has 0 bridgehead atoms. The summed E-state index contributed by atoms with van der Waals surface area (Å²) in [6.07, 6.45) is 1.29. The van der Waals surface area contributed by atoms with Gasteiger partial charge < -0.3 is 9.15 Å². The number of aryl methyl sites for hydroxylation is 1. The van der Waals surface area contributed by atoms with Gasteiger partial charge in [0.05, 0.1) is 5.39 Å². The third-order valence-electron chi connectivity index (χ3n) is 5.06. The first-order valence-electron chi connectivity index (χ1n) is 10.0. The van der Waals surface area contributed by atoms with Crippen molar-refractivity contribution in [1.29, 1.82) is 0 Å². The zero-order valence-electron chi connectivity index (χ0n) is 17.4. The van der Waals surface area contributed by atoms with Crippen LogP contribution in [0.25, 0.3) is 32.3 Å². The summed E-state index contributed by atoms with van der Waals surface area (Å²) >= 11 is 1.43. The molecular weight excluding hydrogens is 442 g/mol. The summed E-state index contributed by atoms with van der Waals surface area (Å²) in [5.41, 5.74) is 3.75. The Labute approximate surface area is 190 Å². The van der Waals surface area contributed by atoms with Gasteiger partial charge in [0.2, 0.25) is 0 Å². The van der Waals surface area contributed by atoms with E-state index in [0.717, 1.165) is 26.1 Å². The molecule has 5 rings (SSSR count). The van der Waals surface area contributed by atoms with Gasteiger partial charge in [-0.25, -0.2) is 14.5 Å². The Morgan fingerprint density at radius 3 is 2.73 bits per heavy atom. The average molecular weight is 459 g/mol. The lowest BCUT2D eigenvalue weighted by molar-refractivity contribution is -0.119. The second-order valence-electron chi connectivity index (χ2n) is 7.28. The van der Waals surface area contributed by atoms with Gasteiger partial charge in [0.25, 0.3) is 11.5 Å². The number of nitrogens with zero attached hydrogens (tertiary/aromatic N) is 2. The lowest BCUT2D eigenvalue weighted by Gasteiger charge is -2.10. The van der Waals surface area contributed by atoms with E-state index in [2.05, 4.69) is 10.4 Å². The molecule has 0 aliphatic heterocycles. The molecule has 5 aromatic rings. The van der Waals surface area contributed by atoms with Crippen LogP contribution in [0.4, 0.5) is 0 Å². The molecule has 2 aromatic carbocycles. The first-order chi connectivity index (χ1) is 16.0. The van der Waals surface area contributed by atoms with Crippen LogP contribution in [0, 0.1) is 6.92 Å². The fourth-order valence-electron chi connectivity index (χ4n) is 3.58. The summed E-state index contributed by atoms with van der Waals surface area (Å²) in [4.78, 5) is 42.9. The minimum Gasteiger partial charge on any atom is -0.484 e. The maximum absolute atomic E-state index is 13.2. The molecule has 0 saturated carbocycles. The van der Waals surface area contributed by atoms with E-state index in [0.29, 0.717) is 21.5 Å². The Balaban J connectivity index is 1.38. The monoisotopic (exact) mass is 459 g/mol. The number of hydrogen-bond donors (Lipinski definition) is 1. The molecule has 1 N–H and O–H groups in total. The number of fused-ring (bicyclic) bond motifs is 2. The second-order valence-corrected chi connectivity index (χ2v) is 8.48. The number of thiophene rings is 1. The SMILES string of the molecule is Cc1sc2ncn(NC(=O)COc3ccc4ccc(=O)oc4c3)c(=O)c2c1-c1ccccc1. The molecule has 0 unspecified atom stereocenters. The van der Waals surface area contributed by atoms with Gasteiger partial charge in [0.1, 0.15) is 22.5 Å². The van der Waals surface area contributed by atoms with Crippen molar-refractivity contribution in [3.63, 3.8) is 0 Å². The molecule has 3 aromatic heterocycles. The lowest BCUT2D eigenvalue weighted by Crippen LogP contribution is -2.35. The van der Waals surface area contributed by atoms with Crippen LogP contribution in [0.1, 0.15) is 4.88 Å². The van der Waals surface area contributed by atoms with E-state index >= 15 is 0 Å². The first-order valence-corrected chi connectivity index (χ1v) is 10.8. The quantitative estimate of drug-likeness (QED) is 0.402. The molecular formula is C24H17N3O5S. The molecule has 0 atom stereocenters. The third kappa shape index (κ3) is 4.01. The minimum atomic E-state index is -0.541. The number of nitrogens with one attached hydrogen (secondary N) is 1. The molecule has 0 radical (unpaired) electrons. The Hall–Kier alpha value is -4.24. The fourth-order valence-corrected chi connectivity index (χ4v) is 4.58. The van der Waals surface area contributed by atoms with Gasteiger partial charge in [0.15, 0.2) is 6.61 Å². The van der Waals surface area contributed by atoms with Crippen LogP contribution in [0.15, 0.2) is 81.0 Å². The fraction of sp³-hybridized carbons (Fsp3) is 0.0833. The van der Waals surface area contributed by atoms with Gasteiger partial charge in [-0.3, -0.25) is 15.0 Å². The van der Waals surface area contributed by atoms with Crippen LogP contribution in [-0.4, -0.2) is 22.2 Å². The topological polar surface area (TPSA) is 103 Å². The number of rotatable bonds is 5. The molecule has 8 nitrogen and oxygen atoms in total. The van der Waals surface area contributed by atoms with E-state index in [-0.39, 0.29) is 12.2 Å². The van der Waals surface area contributed by atoms with Crippen molar-refractivity contribution in [2.45, 2.75) is 6.92 Å². The number of hydrogen-bond acceptors (Lipinski definition) is 7. The van der Waals surface area contributed by atoms with Crippen LogP contribution >= 0.6 is 11.3 Å². The van der Waals surface area contributed by atoms with E-state index in [9.17, 15) is 14.4 Å². The molecule has 9 heteroatoms. The summed E-state index contributed by atoms with van der Waals surface area (Å²) in [6.45, 7) is 1.60. The van der Waals surface area contributed by atoms with Gasteiger partial charge in [0, 0.05) is 28.0 Å². The summed E-state index contributed by atoms with van der Waals surface area (Å²) in [6, 6.07) is 17.5. The highest BCUT2D eigenvalue weighted by Crippen LogP contribution is 2.35. The van der Waals surface area contributed by atoms with Crippen molar-refractivity contribution in [3.8, 4) is 16.9 Å². The van der Waals surface area contributed by atoms with Crippen LogP contribution in [-0.2, 0) is 4.79 Å². The van der Waals surface area contributed by atoms with Crippen LogP contribution in [0.5, 0.6) is 5.75 Å². The summed E-state index contributed by atoms with van der Waals surface area (Å²) < 4.78 is 11.7. The molecule has 1 amide bonds. The zero-order valence-corrected chi connectivity index (χ0v) is 18.2. The summed E-state index contributed by atoms with van der Waals surface area (Å²) in [7, 11) is 0. The molecule has 0 aliphatic carbocycles. The van der Waals surface area contributed by atoms with Crippen LogP contribution in [0.3, 0.4) is 0 Å². The van der Waals surface area contributed by atoms with E-state index in [4.69, 9.17) is 9.15 Å². The smallest absolute Gasteiger partial charge is 0.336 e. The maximum Gasteiger partial charge on any atom is 0.336 e. The van der Waals surface area contributed by atoms with Gasteiger partial charge in [-0.05, 0) is 30.7 Å². The number of ether oxygens (including phenoxy) is 1. The highest BCUT2D eigenvalue weighted by atomic mass is 32.1. The maximum atomic E-state index is 13.2. The van der Waals surface area contributed by atoms with E-state index in [1.807, 2.05) is 37.3 Å². The van der Waals surface area contributed by atoms with Gasteiger partial charge in [-0.2, -0.15) is 0 Å². The van der Waals surface area contributed by atoms with Crippen molar-refractivity contribution in [3.05, 3.63) is 92.6 Å². The number of carbonyl (C=O) groups is 1. The number of carbonyl (C=O) groups excluding carboxylic acids is 1. The summed E-state index contributed by atoms with van der Waals surface area (Å²) in [5, 5.41) is 1.19. The molecule has 0 fully saturated rings. The standard InChI is InChI=1S/C24H17N3O5S/c1-14-21(16-5-3-2-4-6-16)22-23(33-14)25-13-27(24(22)30)26-19(28)12-31-17-9-7-15-8-10-20(29)32-18(15)11-17/h2-11,13H,12H2,1H3,(H,26,28). The van der Waals surface area contributed by atoms with Gasteiger partial charge in [-0.15, -0.1) is 11.3 Å². The lowest BCUT2D eigenvalue weighted by atomic mass is 10.0. The number of amides is 1. The Morgan fingerprint density at radius 2 is 1.91 bits per heavy atom. The molecule has 33 heavy (non-hydrogen) atoms. The van der Waals surface area contributed by atoms with E-state index in [1.165, 1.54) is 29.8 Å². The normalized spacial score (nSPS) is 11.1. The highest BCUT2D eigenvalue weighted by Gasteiger charge is 2.17. The minimum absolute atomic E-state index is 0.346. The highest BCUT2D eigenvalue weighted by molar-refractivity contribution is 7.19. The second kappa shape index (κ2) is 8.36. The Kier molecular flexibility index (Phi) is 5.23. The van der Waals surface area contributed by atoms with Gasteiger partial charge in [-0.1, -0.05) is 30.3 Å².